The molecule has 16 heavy (non-hydrogen) atoms. The first-order chi connectivity index (χ1) is 7.48. The normalized spacial score (nSPS) is 14.7. The summed E-state index contributed by atoms with van der Waals surface area (Å²) < 4.78 is 1.74. The van der Waals surface area contributed by atoms with Crippen LogP contribution in [0.3, 0.4) is 0 Å². The third-order valence-corrected chi connectivity index (χ3v) is 3.04. The van der Waals surface area contributed by atoms with Gasteiger partial charge in [-0.25, -0.2) is 0 Å². The number of carboxylic acid groups (broad SMARTS) is 1. The molecule has 0 aromatic carbocycles. The summed E-state index contributed by atoms with van der Waals surface area (Å²) in [5.41, 5.74) is 0.496. The fraction of sp³-hybridized carbons (Fsp3) is 0.667. The molecule has 1 atom stereocenters. The van der Waals surface area contributed by atoms with E-state index in [1.54, 1.807) is 10.9 Å². The van der Waals surface area contributed by atoms with Crippen LogP contribution in [-0.4, -0.2) is 20.9 Å². The molecule has 90 valence electrons. The topological polar surface area (TPSA) is 55.1 Å². The van der Waals surface area contributed by atoms with Crippen LogP contribution in [0.25, 0.3) is 0 Å². The highest BCUT2D eigenvalue weighted by atomic mass is 16.4. The molecule has 0 aliphatic rings. The predicted octanol–water partition coefficient (Wildman–Crippen LogP) is 2.24. The number of nitrogens with zero attached hydrogens (tertiary/aromatic N) is 2. The van der Waals surface area contributed by atoms with Gasteiger partial charge >= 0.3 is 5.97 Å². The number of hydrogen-bond donors (Lipinski definition) is 1. The van der Waals surface area contributed by atoms with Crippen LogP contribution >= 0.6 is 0 Å². The maximum absolute atomic E-state index is 11.2. The second-order valence-corrected chi connectivity index (χ2v) is 4.64. The van der Waals surface area contributed by atoms with E-state index >= 15 is 0 Å². The van der Waals surface area contributed by atoms with E-state index in [-0.39, 0.29) is 0 Å². The first-order valence-corrected chi connectivity index (χ1v) is 5.69. The van der Waals surface area contributed by atoms with E-state index in [2.05, 4.69) is 5.10 Å². The average molecular weight is 224 g/mol. The summed E-state index contributed by atoms with van der Waals surface area (Å²) in [4.78, 5) is 11.2. The van der Waals surface area contributed by atoms with E-state index in [1.807, 2.05) is 27.1 Å². The molecule has 4 heteroatoms. The Kier molecular flexibility index (Phi) is 4.10. The van der Waals surface area contributed by atoms with Crippen molar-refractivity contribution in [2.45, 2.75) is 39.5 Å². The average Bonchev–Trinajstić information content (AvgIpc) is 2.61. The first kappa shape index (κ1) is 12.7. The van der Waals surface area contributed by atoms with Crippen molar-refractivity contribution in [2.75, 3.05) is 0 Å². The Labute approximate surface area is 96.3 Å². The van der Waals surface area contributed by atoms with Gasteiger partial charge in [0.2, 0.25) is 0 Å². The molecule has 1 rings (SSSR count). The number of aromatic nitrogens is 2. The van der Waals surface area contributed by atoms with E-state index in [0.717, 1.165) is 24.8 Å². The van der Waals surface area contributed by atoms with Gasteiger partial charge in [-0.2, -0.15) is 5.10 Å². The summed E-state index contributed by atoms with van der Waals surface area (Å²) in [7, 11) is 1.87. The minimum Gasteiger partial charge on any atom is -0.481 e. The first-order valence-electron chi connectivity index (χ1n) is 5.69. The molecule has 0 saturated heterocycles. The molecule has 0 spiro atoms. The maximum Gasteiger partial charge on any atom is 0.309 e. The van der Waals surface area contributed by atoms with Gasteiger partial charge in [0.25, 0.3) is 0 Å². The van der Waals surface area contributed by atoms with Gasteiger partial charge < -0.3 is 5.11 Å². The Morgan fingerprint density at radius 3 is 2.69 bits per heavy atom. The van der Waals surface area contributed by atoms with Crippen molar-refractivity contribution in [1.29, 1.82) is 0 Å². The fourth-order valence-corrected chi connectivity index (χ4v) is 1.91. The highest BCUT2D eigenvalue weighted by molar-refractivity contribution is 5.74. The molecular formula is C12H20N2O2. The largest absolute Gasteiger partial charge is 0.481 e. The van der Waals surface area contributed by atoms with E-state index < -0.39 is 11.4 Å². The van der Waals surface area contributed by atoms with Crippen molar-refractivity contribution in [3.63, 3.8) is 0 Å². The predicted molar refractivity (Wildman–Crippen MR) is 62.2 cm³/mol. The van der Waals surface area contributed by atoms with E-state index in [9.17, 15) is 9.90 Å². The van der Waals surface area contributed by atoms with Crippen molar-refractivity contribution in [1.82, 2.24) is 9.78 Å². The Morgan fingerprint density at radius 2 is 2.25 bits per heavy atom. The SMILES string of the molecule is CCCC(C)(CCc1cnn(C)c1)C(=O)O. The summed E-state index contributed by atoms with van der Waals surface area (Å²) in [5.74, 6) is -0.696. The molecular weight excluding hydrogens is 204 g/mol. The van der Waals surface area contributed by atoms with Crippen LogP contribution in [-0.2, 0) is 18.3 Å². The molecule has 0 aliphatic heterocycles. The third kappa shape index (κ3) is 3.08. The lowest BCUT2D eigenvalue weighted by molar-refractivity contribution is -0.148. The number of rotatable bonds is 6. The summed E-state index contributed by atoms with van der Waals surface area (Å²) in [6.45, 7) is 3.85. The Bertz CT molecular complexity index is 360. The number of aliphatic carboxylic acids is 1. The zero-order valence-corrected chi connectivity index (χ0v) is 10.2. The molecule has 1 N–H and O–H groups in total. The highest BCUT2D eigenvalue weighted by Crippen LogP contribution is 2.29. The van der Waals surface area contributed by atoms with Crippen LogP contribution in [0, 0.1) is 5.41 Å². The Morgan fingerprint density at radius 1 is 1.56 bits per heavy atom. The molecule has 0 bridgehead atoms. The van der Waals surface area contributed by atoms with E-state index in [0.29, 0.717) is 6.42 Å². The van der Waals surface area contributed by atoms with Crippen LogP contribution in [0.2, 0.25) is 0 Å². The highest BCUT2D eigenvalue weighted by Gasteiger charge is 2.31. The van der Waals surface area contributed by atoms with Crippen molar-refractivity contribution in [2.24, 2.45) is 12.5 Å². The fourth-order valence-electron chi connectivity index (χ4n) is 1.91. The second kappa shape index (κ2) is 5.14. The van der Waals surface area contributed by atoms with E-state index in [4.69, 9.17) is 0 Å². The van der Waals surface area contributed by atoms with Gasteiger partial charge in [-0.3, -0.25) is 9.48 Å². The number of hydrogen-bond acceptors (Lipinski definition) is 2. The minimum atomic E-state index is -0.696. The van der Waals surface area contributed by atoms with Gasteiger partial charge in [-0.1, -0.05) is 13.3 Å². The molecule has 4 nitrogen and oxygen atoms in total. The summed E-state index contributed by atoms with van der Waals surface area (Å²) in [6, 6.07) is 0. The molecule has 0 aliphatic carbocycles. The summed E-state index contributed by atoms with van der Waals surface area (Å²) >= 11 is 0. The van der Waals surface area contributed by atoms with Crippen molar-refractivity contribution >= 4 is 5.97 Å². The molecule has 1 aromatic heterocycles. The number of aryl methyl sites for hydroxylation is 2. The van der Waals surface area contributed by atoms with Gasteiger partial charge in [0.05, 0.1) is 11.6 Å². The molecule has 1 aromatic rings. The summed E-state index contributed by atoms with van der Waals surface area (Å²) in [6.07, 6.45) is 6.80. The molecule has 0 saturated carbocycles. The third-order valence-electron chi connectivity index (χ3n) is 3.04. The molecule has 0 fully saturated rings. The zero-order valence-electron chi connectivity index (χ0n) is 10.2. The van der Waals surface area contributed by atoms with Crippen LogP contribution in [0.1, 0.15) is 38.7 Å². The van der Waals surface area contributed by atoms with Crippen LogP contribution in [0.4, 0.5) is 0 Å². The minimum absolute atomic E-state index is 0.607. The molecule has 1 heterocycles. The lowest BCUT2D eigenvalue weighted by atomic mass is 9.80. The van der Waals surface area contributed by atoms with Crippen LogP contribution in [0.5, 0.6) is 0 Å². The standard InChI is InChI=1S/C12H20N2O2/c1-4-6-12(2,11(15)16)7-5-10-8-13-14(3)9-10/h8-9H,4-7H2,1-3H3,(H,15,16). The van der Waals surface area contributed by atoms with Gasteiger partial charge in [0.15, 0.2) is 0 Å². The van der Waals surface area contributed by atoms with Gasteiger partial charge in [0, 0.05) is 13.2 Å². The lowest BCUT2D eigenvalue weighted by Gasteiger charge is -2.23. The van der Waals surface area contributed by atoms with Crippen molar-refractivity contribution < 1.29 is 9.90 Å². The van der Waals surface area contributed by atoms with Crippen LogP contribution in [0.15, 0.2) is 12.4 Å². The van der Waals surface area contributed by atoms with Gasteiger partial charge in [-0.05, 0) is 31.7 Å². The number of carbonyl (C=O) groups is 1. The monoisotopic (exact) mass is 224 g/mol. The Hall–Kier alpha value is -1.32. The summed E-state index contributed by atoms with van der Waals surface area (Å²) in [5, 5.41) is 13.3. The van der Waals surface area contributed by atoms with Gasteiger partial charge in [-0.15, -0.1) is 0 Å². The van der Waals surface area contributed by atoms with Crippen molar-refractivity contribution in [3.05, 3.63) is 18.0 Å². The molecule has 0 amide bonds. The Balaban J connectivity index is 2.60. The van der Waals surface area contributed by atoms with Crippen molar-refractivity contribution in [3.8, 4) is 0 Å². The lowest BCUT2D eigenvalue weighted by Crippen LogP contribution is -2.28. The second-order valence-electron chi connectivity index (χ2n) is 4.64. The zero-order chi connectivity index (χ0) is 12.2. The van der Waals surface area contributed by atoms with Gasteiger partial charge in [0.1, 0.15) is 0 Å². The quantitative estimate of drug-likeness (QED) is 0.806. The van der Waals surface area contributed by atoms with Crippen LogP contribution < -0.4 is 0 Å². The smallest absolute Gasteiger partial charge is 0.309 e. The maximum atomic E-state index is 11.2. The molecule has 1 unspecified atom stereocenters. The number of carboxylic acids is 1. The molecule has 0 radical (unpaired) electrons. The van der Waals surface area contributed by atoms with E-state index in [1.165, 1.54) is 0 Å².